The lowest BCUT2D eigenvalue weighted by molar-refractivity contribution is -0.646. The van der Waals surface area contributed by atoms with E-state index in [0.29, 0.717) is 11.3 Å². The molecule has 28 heavy (non-hydrogen) atoms. The van der Waals surface area contributed by atoms with E-state index in [1.54, 1.807) is 6.07 Å². The van der Waals surface area contributed by atoms with Crippen molar-refractivity contribution in [3.8, 4) is 11.3 Å². The molecule has 0 unspecified atom stereocenters. The summed E-state index contributed by atoms with van der Waals surface area (Å²) in [4.78, 5) is 15.8. The molecule has 0 aliphatic carbocycles. The van der Waals surface area contributed by atoms with Crippen LogP contribution in [0.25, 0.3) is 32.6 Å². The number of azide groups is 1. The smallest absolute Gasteiger partial charge is 0.227 e. The molecule has 5 nitrogen and oxygen atoms in total. The van der Waals surface area contributed by atoms with E-state index in [1.807, 2.05) is 89.5 Å². The largest absolute Gasteiger partial charge is 0.287 e. The molecule has 3 aromatic carbocycles. The van der Waals surface area contributed by atoms with Crippen molar-refractivity contribution >= 4 is 22.4 Å². The monoisotopic (exact) mass is 365 g/mol. The van der Waals surface area contributed by atoms with Crippen molar-refractivity contribution < 1.29 is 9.36 Å². The van der Waals surface area contributed by atoms with Crippen LogP contribution in [0.15, 0.2) is 96.1 Å². The first kappa shape index (κ1) is 17.5. The second-order valence-electron chi connectivity index (χ2n) is 6.39. The summed E-state index contributed by atoms with van der Waals surface area (Å²) in [6.07, 6.45) is 0. The van der Waals surface area contributed by atoms with E-state index in [1.165, 1.54) is 0 Å². The highest BCUT2D eigenvalue weighted by Crippen LogP contribution is 2.24. The molecule has 5 heteroatoms. The maximum Gasteiger partial charge on any atom is 0.227 e. The minimum atomic E-state index is 0.0365. The zero-order valence-electron chi connectivity index (χ0n) is 15.1. The van der Waals surface area contributed by atoms with Crippen LogP contribution in [0, 0.1) is 0 Å². The van der Waals surface area contributed by atoms with Crippen molar-refractivity contribution in [1.29, 1.82) is 0 Å². The lowest BCUT2D eigenvalue weighted by Crippen LogP contribution is -2.41. The average Bonchev–Trinajstić information content (AvgIpc) is 2.75. The number of para-hydroxylation sites is 1. The van der Waals surface area contributed by atoms with Gasteiger partial charge in [-0.15, -0.1) is 0 Å². The Balaban J connectivity index is 1.87. The number of hydrogen-bond donors (Lipinski definition) is 0. The Bertz CT molecular complexity index is 1210. The molecule has 1 heterocycles. The van der Waals surface area contributed by atoms with Gasteiger partial charge in [0, 0.05) is 39.2 Å². The normalized spacial score (nSPS) is 10.4. The second kappa shape index (κ2) is 7.74. The molecule has 0 bridgehead atoms. The number of carbonyl (C=O) groups excluding carboxylic acids is 1. The number of carbonyl (C=O) groups is 1. The van der Waals surface area contributed by atoms with Crippen molar-refractivity contribution in [2.75, 3.05) is 0 Å². The number of hydrogen-bond acceptors (Lipinski definition) is 2. The Kier molecular flexibility index (Phi) is 4.83. The number of fused-ring (bicyclic) bond motifs is 1. The van der Waals surface area contributed by atoms with Crippen molar-refractivity contribution in [3.05, 3.63) is 107 Å². The molecule has 0 radical (unpaired) electrons. The molecule has 0 saturated carbocycles. The molecule has 134 valence electrons. The molecule has 0 N–H and O–H groups in total. The van der Waals surface area contributed by atoms with E-state index < -0.39 is 0 Å². The summed E-state index contributed by atoms with van der Waals surface area (Å²) >= 11 is 0. The van der Waals surface area contributed by atoms with Gasteiger partial charge in [0.05, 0.1) is 0 Å². The number of ketones is 1. The lowest BCUT2D eigenvalue weighted by Gasteiger charge is -2.08. The first-order chi connectivity index (χ1) is 13.8. The number of nitrogens with zero attached hydrogens (tertiary/aromatic N) is 4. The Labute approximate surface area is 162 Å². The standard InChI is InChI=1S/C23H17N4O/c24-26-25-20-11-6-10-19(15-20)22-14-13-17-7-4-5-12-21(17)27(22)16-23(28)18-8-2-1-3-9-18/h1-15H,16H2/q+1. The van der Waals surface area contributed by atoms with Crippen LogP contribution < -0.4 is 4.57 Å². The van der Waals surface area contributed by atoms with Gasteiger partial charge in [-0.25, -0.2) is 0 Å². The minimum absolute atomic E-state index is 0.0365. The number of pyridine rings is 1. The third-order valence-corrected chi connectivity index (χ3v) is 4.64. The molecule has 0 aliphatic heterocycles. The fraction of sp³-hybridized carbons (Fsp3) is 0.0435. The minimum Gasteiger partial charge on any atom is -0.287 e. The van der Waals surface area contributed by atoms with Gasteiger partial charge in [0.15, 0.2) is 0 Å². The highest BCUT2D eigenvalue weighted by Gasteiger charge is 2.21. The summed E-state index contributed by atoms with van der Waals surface area (Å²) in [5, 5.41) is 4.75. The Morgan fingerprint density at radius 1 is 0.893 bits per heavy atom. The van der Waals surface area contributed by atoms with Crippen LogP contribution in [0.4, 0.5) is 5.69 Å². The highest BCUT2D eigenvalue weighted by molar-refractivity contribution is 5.95. The SMILES string of the molecule is [N-]=[N+]=Nc1cccc(-c2ccc3ccccc3[n+]2CC(=O)c2ccccc2)c1. The van der Waals surface area contributed by atoms with E-state index >= 15 is 0 Å². The summed E-state index contributed by atoms with van der Waals surface area (Å²) in [5.74, 6) is 0.0365. The van der Waals surface area contributed by atoms with E-state index in [4.69, 9.17) is 5.53 Å². The van der Waals surface area contributed by atoms with Gasteiger partial charge in [0.2, 0.25) is 23.5 Å². The van der Waals surface area contributed by atoms with Crippen LogP contribution in [0.5, 0.6) is 0 Å². The van der Waals surface area contributed by atoms with Crippen molar-refractivity contribution in [1.82, 2.24) is 0 Å². The molecular formula is C23H17N4O+. The van der Waals surface area contributed by atoms with E-state index in [2.05, 4.69) is 10.0 Å². The van der Waals surface area contributed by atoms with Gasteiger partial charge in [-0.1, -0.05) is 59.7 Å². The second-order valence-corrected chi connectivity index (χ2v) is 6.39. The fourth-order valence-electron chi connectivity index (χ4n) is 3.32. The number of rotatable bonds is 5. The molecule has 0 amide bonds. The van der Waals surface area contributed by atoms with Crippen LogP contribution in [-0.2, 0) is 6.54 Å². The molecule has 4 aromatic rings. The van der Waals surface area contributed by atoms with E-state index in [-0.39, 0.29) is 12.3 Å². The molecule has 4 rings (SSSR count). The van der Waals surface area contributed by atoms with Gasteiger partial charge in [-0.2, -0.15) is 4.57 Å². The maximum atomic E-state index is 12.9. The quantitative estimate of drug-likeness (QED) is 0.149. The Morgan fingerprint density at radius 3 is 2.50 bits per heavy atom. The van der Waals surface area contributed by atoms with Crippen LogP contribution in [0.3, 0.4) is 0 Å². The fourth-order valence-corrected chi connectivity index (χ4v) is 3.32. The van der Waals surface area contributed by atoms with Gasteiger partial charge in [0.25, 0.3) is 0 Å². The first-order valence-corrected chi connectivity index (χ1v) is 8.91. The third-order valence-electron chi connectivity index (χ3n) is 4.64. The van der Waals surface area contributed by atoms with Gasteiger partial charge in [-0.05, 0) is 29.8 Å². The zero-order valence-corrected chi connectivity index (χ0v) is 15.1. The predicted octanol–water partition coefficient (Wildman–Crippen LogP) is 5.62. The number of aromatic nitrogens is 1. The number of Topliss-reactive ketones (excluding diaryl/α,β-unsaturated/α-hetero) is 1. The molecule has 0 fully saturated rings. The van der Waals surface area contributed by atoms with Crippen LogP contribution in [-0.4, -0.2) is 5.78 Å². The molecule has 1 aromatic heterocycles. The predicted molar refractivity (Wildman–Crippen MR) is 109 cm³/mol. The lowest BCUT2D eigenvalue weighted by atomic mass is 10.1. The Hall–Kier alpha value is -3.95. The Morgan fingerprint density at radius 2 is 1.68 bits per heavy atom. The van der Waals surface area contributed by atoms with Crippen molar-refractivity contribution in [2.45, 2.75) is 6.54 Å². The molecule has 0 spiro atoms. The maximum absolute atomic E-state index is 12.9. The van der Waals surface area contributed by atoms with Crippen LogP contribution >= 0.6 is 0 Å². The summed E-state index contributed by atoms with van der Waals surface area (Å²) in [6.45, 7) is 0.215. The summed E-state index contributed by atoms with van der Waals surface area (Å²) in [7, 11) is 0. The van der Waals surface area contributed by atoms with E-state index in [0.717, 1.165) is 22.2 Å². The topological polar surface area (TPSA) is 69.7 Å². The zero-order chi connectivity index (χ0) is 19.3. The van der Waals surface area contributed by atoms with Gasteiger partial charge >= 0.3 is 0 Å². The van der Waals surface area contributed by atoms with Crippen LogP contribution in [0.1, 0.15) is 10.4 Å². The van der Waals surface area contributed by atoms with Crippen LogP contribution in [0.2, 0.25) is 0 Å². The summed E-state index contributed by atoms with van der Waals surface area (Å²) in [6, 6.07) is 28.7. The van der Waals surface area contributed by atoms with Gasteiger partial charge in [0.1, 0.15) is 0 Å². The molecule has 0 aliphatic rings. The van der Waals surface area contributed by atoms with Crippen molar-refractivity contribution in [3.63, 3.8) is 0 Å². The first-order valence-electron chi connectivity index (χ1n) is 8.91. The van der Waals surface area contributed by atoms with Crippen molar-refractivity contribution in [2.24, 2.45) is 5.11 Å². The van der Waals surface area contributed by atoms with E-state index in [9.17, 15) is 4.79 Å². The van der Waals surface area contributed by atoms with Gasteiger partial charge in [-0.3, -0.25) is 4.79 Å². The summed E-state index contributed by atoms with van der Waals surface area (Å²) in [5.41, 5.74) is 12.7. The molecular weight excluding hydrogens is 348 g/mol. The highest BCUT2D eigenvalue weighted by atomic mass is 16.1. The molecule has 0 saturated heterocycles. The van der Waals surface area contributed by atoms with Gasteiger partial charge < -0.3 is 0 Å². The average molecular weight is 365 g/mol. The number of benzene rings is 3. The molecule has 0 atom stereocenters. The third kappa shape index (κ3) is 3.47. The summed E-state index contributed by atoms with van der Waals surface area (Å²) < 4.78 is 2.01.